The molecule has 26 heavy (non-hydrogen) atoms. The fraction of sp³-hybridized carbons (Fsp3) is 0.944. The summed E-state index contributed by atoms with van der Waals surface area (Å²) >= 11 is 0. The van der Waals surface area contributed by atoms with Gasteiger partial charge >= 0.3 is 45.9 Å². The zero-order valence-electron chi connectivity index (χ0n) is 16.5. The summed E-state index contributed by atoms with van der Waals surface area (Å²) in [5, 5.41) is 8.53. The van der Waals surface area contributed by atoms with Gasteiger partial charge in [0, 0.05) is 6.42 Å². The topological polar surface area (TPSA) is 101 Å². The van der Waals surface area contributed by atoms with Crippen molar-refractivity contribution in [2.45, 2.75) is 103 Å². The standard InChI is InChI=1S/C18H36O6S.Na/c19-18(20)16-14-12-10-8-6-4-2-1-3-5-7-9-11-13-15-17-24-25(21,22)23;/h1-17H2,(H,19,20)(H,21,22,23);/q;+1. The maximum atomic E-state index is 10.4. The molecule has 0 aliphatic carbocycles. The largest absolute Gasteiger partial charge is 1.00 e. The van der Waals surface area contributed by atoms with Crippen LogP contribution >= 0.6 is 0 Å². The zero-order chi connectivity index (χ0) is 18.8. The third-order valence-corrected chi connectivity index (χ3v) is 4.73. The predicted octanol–water partition coefficient (Wildman–Crippen LogP) is 2.14. The van der Waals surface area contributed by atoms with Gasteiger partial charge in [0.2, 0.25) is 0 Å². The van der Waals surface area contributed by atoms with Gasteiger partial charge in [0.15, 0.2) is 0 Å². The molecule has 0 saturated carbocycles. The molecule has 0 aromatic heterocycles. The molecule has 0 aromatic rings. The first-order valence-electron chi connectivity index (χ1n) is 9.75. The average Bonchev–Trinajstić information content (AvgIpc) is 2.52. The van der Waals surface area contributed by atoms with Crippen LogP contribution in [0.25, 0.3) is 0 Å². The molecule has 0 aliphatic heterocycles. The van der Waals surface area contributed by atoms with Crippen molar-refractivity contribution in [3.05, 3.63) is 0 Å². The summed E-state index contributed by atoms with van der Waals surface area (Å²) in [6.07, 6.45) is 17.3. The van der Waals surface area contributed by atoms with E-state index < -0.39 is 16.4 Å². The first-order valence-corrected chi connectivity index (χ1v) is 11.1. The summed E-state index contributed by atoms with van der Waals surface area (Å²) in [7, 11) is -4.27. The fourth-order valence-corrected chi connectivity index (χ4v) is 3.17. The van der Waals surface area contributed by atoms with Crippen molar-refractivity contribution >= 4 is 16.4 Å². The van der Waals surface area contributed by atoms with Crippen LogP contribution in [0.3, 0.4) is 0 Å². The molecule has 2 N–H and O–H groups in total. The van der Waals surface area contributed by atoms with Crippen LogP contribution in [0.5, 0.6) is 0 Å². The molecule has 0 spiro atoms. The first-order chi connectivity index (χ1) is 11.9. The monoisotopic (exact) mass is 403 g/mol. The Labute approximate surface area is 181 Å². The van der Waals surface area contributed by atoms with Crippen molar-refractivity contribution in [2.24, 2.45) is 0 Å². The second-order valence-electron chi connectivity index (χ2n) is 6.70. The molecule has 8 heteroatoms. The molecule has 0 aliphatic rings. The van der Waals surface area contributed by atoms with Crippen molar-refractivity contribution in [1.29, 1.82) is 0 Å². The zero-order valence-corrected chi connectivity index (χ0v) is 19.3. The molecule has 6 nitrogen and oxygen atoms in total. The molecule has 0 aromatic carbocycles. The van der Waals surface area contributed by atoms with E-state index in [4.69, 9.17) is 9.66 Å². The number of rotatable bonds is 19. The van der Waals surface area contributed by atoms with Gasteiger partial charge in [0.1, 0.15) is 0 Å². The Morgan fingerprint density at radius 1 is 0.654 bits per heavy atom. The number of aliphatic carboxylic acids is 1. The normalized spacial score (nSPS) is 11.3. The van der Waals surface area contributed by atoms with E-state index in [-0.39, 0.29) is 36.2 Å². The molecule has 0 radical (unpaired) electrons. The van der Waals surface area contributed by atoms with E-state index in [1.54, 1.807) is 0 Å². The maximum absolute atomic E-state index is 10.4. The van der Waals surface area contributed by atoms with Crippen LogP contribution in [-0.2, 0) is 19.4 Å². The summed E-state index contributed by atoms with van der Waals surface area (Å²) < 4.78 is 33.3. The summed E-state index contributed by atoms with van der Waals surface area (Å²) in [4.78, 5) is 10.4. The van der Waals surface area contributed by atoms with Gasteiger partial charge < -0.3 is 5.11 Å². The Bertz CT molecular complexity index is 414. The Balaban J connectivity index is 0. The second-order valence-corrected chi connectivity index (χ2v) is 7.79. The van der Waals surface area contributed by atoms with Gasteiger partial charge in [-0.05, 0) is 12.8 Å². The molecular weight excluding hydrogens is 367 g/mol. The van der Waals surface area contributed by atoms with Crippen LogP contribution in [-0.4, -0.2) is 30.7 Å². The minimum Gasteiger partial charge on any atom is -0.481 e. The van der Waals surface area contributed by atoms with E-state index in [0.29, 0.717) is 12.8 Å². The maximum Gasteiger partial charge on any atom is 1.00 e. The average molecular weight is 404 g/mol. The minimum absolute atomic E-state index is 0. The molecule has 150 valence electrons. The Morgan fingerprint density at radius 3 is 1.27 bits per heavy atom. The van der Waals surface area contributed by atoms with Crippen molar-refractivity contribution in [3.63, 3.8) is 0 Å². The van der Waals surface area contributed by atoms with E-state index in [1.165, 1.54) is 57.8 Å². The fourth-order valence-electron chi connectivity index (χ4n) is 2.84. The SMILES string of the molecule is O=C(O)CCCCCCCCCCCCCCCCCOS(=O)(=O)O.[Na+]. The van der Waals surface area contributed by atoms with E-state index >= 15 is 0 Å². The second kappa shape index (κ2) is 20.1. The van der Waals surface area contributed by atoms with Gasteiger partial charge in [0.25, 0.3) is 0 Å². The van der Waals surface area contributed by atoms with Crippen LogP contribution in [0, 0.1) is 0 Å². The Morgan fingerprint density at radius 2 is 0.962 bits per heavy atom. The van der Waals surface area contributed by atoms with Crippen LogP contribution in [0.2, 0.25) is 0 Å². The van der Waals surface area contributed by atoms with E-state index in [1.807, 2.05) is 0 Å². The minimum atomic E-state index is -4.27. The van der Waals surface area contributed by atoms with Crippen molar-refractivity contribution in [2.75, 3.05) is 6.61 Å². The number of carbonyl (C=O) groups is 1. The summed E-state index contributed by atoms with van der Waals surface area (Å²) in [6, 6.07) is 0. The van der Waals surface area contributed by atoms with Crippen LogP contribution in [0.4, 0.5) is 0 Å². The Kier molecular flexibility index (Phi) is 22.1. The van der Waals surface area contributed by atoms with E-state index in [0.717, 1.165) is 32.1 Å². The third-order valence-electron chi connectivity index (χ3n) is 4.27. The number of carboxylic acid groups (broad SMARTS) is 1. The smallest absolute Gasteiger partial charge is 0.481 e. The predicted molar refractivity (Wildman–Crippen MR) is 99.0 cm³/mol. The quantitative estimate of drug-likeness (QED) is 0.195. The number of hydrogen-bond donors (Lipinski definition) is 2. The molecule has 0 rings (SSSR count). The molecule has 0 saturated heterocycles. The molecule has 0 unspecified atom stereocenters. The van der Waals surface area contributed by atoms with Crippen molar-refractivity contribution < 1.29 is 56.6 Å². The molecular formula is C18H36NaO6S+. The van der Waals surface area contributed by atoms with Crippen LogP contribution < -0.4 is 29.6 Å². The molecule has 0 amide bonds. The van der Waals surface area contributed by atoms with Gasteiger partial charge in [-0.2, -0.15) is 8.42 Å². The van der Waals surface area contributed by atoms with Gasteiger partial charge in [-0.25, -0.2) is 4.18 Å². The summed E-state index contributed by atoms with van der Waals surface area (Å²) in [6.45, 7) is 0.0678. The van der Waals surface area contributed by atoms with Gasteiger partial charge in [-0.15, -0.1) is 0 Å². The number of unbranched alkanes of at least 4 members (excludes halogenated alkanes) is 14. The number of carboxylic acids is 1. The van der Waals surface area contributed by atoms with Crippen molar-refractivity contribution in [3.8, 4) is 0 Å². The number of hydrogen-bond acceptors (Lipinski definition) is 4. The van der Waals surface area contributed by atoms with Gasteiger partial charge in [-0.1, -0.05) is 83.5 Å². The molecule has 0 fully saturated rings. The van der Waals surface area contributed by atoms with Crippen LogP contribution in [0.1, 0.15) is 103 Å². The molecule has 0 heterocycles. The van der Waals surface area contributed by atoms with Gasteiger partial charge in [0.05, 0.1) is 6.61 Å². The van der Waals surface area contributed by atoms with E-state index in [2.05, 4.69) is 4.18 Å². The van der Waals surface area contributed by atoms with Crippen LogP contribution in [0.15, 0.2) is 0 Å². The molecule has 0 atom stereocenters. The van der Waals surface area contributed by atoms with E-state index in [9.17, 15) is 13.2 Å². The Hall–Kier alpha value is 0.340. The first kappa shape index (κ1) is 28.5. The van der Waals surface area contributed by atoms with Crippen molar-refractivity contribution in [1.82, 2.24) is 0 Å². The molecule has 0 bridgehead atoms. The van der Waals surface area contributed by atoms with Gasteiger partial charge in [-0.3, -0.25) is 9.35 Å². The summed E-state index contributed by atoms with van der Waals surface area (Å²) in [5.41, 5.74) is 0. The third kappa shape index (κ3) is 26.6. The summed E-state index contributed by atoms with van der Waals surface area (Å²) in [5.74, 6) is -0.689.